The Bertz CT molecular complexity index is 1340. The molecule has 3 aliphatic rings. The number of rotatable bonds is 8. The number of pyridine rings is 1. The minimum atomic E-state index is -4.44. The van der Waals surface area contributed by atoms with Gasteiger partial charge >= 0.3 is 6.18 Å². The molecule has 3 heterocycles. The SMILES string of the molecule is O=C(NC1CC1)c1cccc(-c2cnc(N[C@@H]3CCCC[C@H]3N[C@H]3CCCN(c4ccc(C(F)(F)F)nc4)C3)o2)c1. The van der Waals surface area contributed by atoms with E-state index in [-0.39, 0.29) is 24.0 Å². The van der Waals surface area contributed by atoms with E-state index in [1.807, 2.05) is 18.2 Å². The van der Waals surface area contributed by atoms with Crippen molar-refractivity contribution in [2.24, 2.45) is 0 Å². The maximum Gasteiger partial charge on any atom is 0.433 e. The molecule has 1 aromatic carbocycles. The molecule has 41 heavy (non-hydrogen) atoms. The number of nitrogens with one attached hydrogen (secondary N) is 3. The van der Waals surface area contributed by atoms with Crippen LogP contribution in [0.25, 0.3) is 11.3 Å². The third-order valence-corrected chi connectivity index (χ3v) is 8.18. The number of amides is 1. The molecule has 0 spiro atoms. The number of alkyl halides is 3. The fourth-order valence-corrected chi connectivity index (χ4v) is 5.84. The average Bonchev–Trinajstić information content (AvgIpc) is 3.67. The highest BCUT2D eigenvalue weighted by atomic mass is 19.4. The summed E-state index contributed by atoms with van der Waals surface area (Å²) in [6.07, 6.45) is 6.82. The number of piperidine rings is 1. The van der Waals surface area contributed by atoms with Crippen LogP contribution < -0.4 is 20.9 Å². The van der Waals surface area contributed by atoms with E-state index in [0.29, 0.717) is 35.6 Å². The van der Waals surface area contributed by atoms with Crippen molar-refractivity contribution in [2.75, 3.05) is 23.3 Å². The van der Waals surface area contributed by atoms with Gasteiger partial charge in [0.05, 0.1) is 18.1 Å². The molecule has 0 unspecified atom stereocenters. The number of benzene rings is 1. The van der Waals surface area contributed by atoms with Crippen LogP contribution >= 0.6 is 0 Å². The highest BCUT2D eigenvalue weighted by Crippen LogP contribution is 2.30. The summed E-state index contributed by atoms with van der Waals surface area (Å²) in [5.41, 5.74) is 1.24. The summed E-state index contributed by atoms with van der Waals surface area (Å²) in [6.45, 7) is 1.50. The monoisotopic (exact) mass is 568 g/mol. The summed E-state index contributed by atoms with van der Waals surface area (Å²) in [4.78, 5) is 22.7. The predicted molar refractivity (Wildman–Crippen MR) is 150 cm³/mol. The van der Waals surface area contributed by atoms with Crippen molar-refractivity contribution in [3.8, 4) is 11.3 Å². The topological polar surface area (TPSA) is 95.3 Å². The lowest BCUT2D eigenvalue weighted by Crippen LogP contribution is -2.54. The number of nitrogens with zero attached hydrogens (tertiary/aromatic N) is 3. The molecule has 2 aromatic heterocycles. The van der Waals surface area contributed by atoms with Crippen molar-refractivity contribution in [3.63, 3.8) is 0 Å². The van der Waals surface area contributed by atoms with E-state index in [4.69, 9.17) is 4.42 Å². The van der Waals surface area contributed by atoms with E-state index in [1.165, 1.54) is 12.3 Å². The van der Waals surface area contributed by atoms with E-state index in [1.54, 1.807) is 12.3 Å². The summed E-state index contributed by atoms with van der Waals surface area (Å²) < 4.78 is 44.9. The molecule has 11 heteroatoms. The molecule has 6 rings (SSSR count). The Morgan fingerprint density at radius 3 is 2.51 bits per heavy atom. The first-order chi connectivity index (χ1) is 19.8. The van der Waals surface area contributed by atoms with Gasteiger partial charge in [-0.15, -0.1) is 0 Å². The predicted octanol–water partition coefficient (Wildman–Crippen LogP) is 5.63. The van der Waals surface area contributed by atoms with Gasteiger partial charge in [-0.2, -0.15) is 13.2 Å². The fraction of sp³-hybridized carbons (Fsp3) is 0.500. The van der Waals surface area contributed by atoms with Gasteiger partial charge in [0.1, 0.15) is 5.69 Å². The molecule has 3 aromatic rings. The van der Waals surface area contributed by atoms with Crippen molar-refractivity contribution in [1.29, 1.82) is 0 Å². The number of hydrogen-bond donors (Lipinski definition) is 3. The normalized spacial score (nSPS) is 23.3. The first kappa shape index (κ1) is 27.6. The quantitative estimate of drug-likeness (QED) is 0.324. The molecule has 0 bridgehead atoms. The molecule has 1 amide bonds. The largest absolute Gasteiger partial charge is 0.433 e. The van der Waals surface area contributed by atoms with E-state index in [2.05, 4.69) is 30.8 Å². The molecule has 3 fully saturated rings. The van der Waals surface area contributed by atoms with E-state index >= 15 is 0 Å². The van der Waals surface area contributed by atoms with Crippen LogP contribution in [0.15, 0.2) is 53.2 Å². The first-order valence-electron chi connectivity index (χ1n) is 14.5. The van der Waals surface area contributed by atoms with Gasteiger partial charge in [-0.3, -0.25) is 4.79 Å². The van der Waals surface area contributed by atoms with Crippen molar-refractivity contribution in [2.45, 2.75) is 81.7 Å². The maximum atomic E-state index is 12.9. The van der Waals surface area contributed by atoms with Crippen LogP contribution in [0.4, 0.5) is 24.9 Å². The number of carbonyl (C=O) groups excluding carboxylic acids is 1. The fourth-order valence-electron chi connectivity index (χ4n) is 5.84. The second-order valence-electron chi connectivity index (χ2n) is 11.4. The number of carbonyl (C=O) groups is 1. The maximum absolute atomic E-state index is 12.9. The molecular formula is C30H35F3N6O2. The Morgan fingerprint density at radius 1 is 0.927 bits per heavy atom. The van der Waals surface area contributed by atoms with Crippen molar-refractivity contribution in [3.05, 3.63) is 60.0 Å². The molecule has 1 aliphatic heterocycles. The zero-order valence-electron chi connectivity index (χ0n) is 22.8. The Morgan fingerprint density at radius 2 is 1.76 bits per heavy atom. The summed E-state index contributed by atoms with van der Waals surface area (Å²) in [6, 6.07) is 11.3. The molecular weight excluding hydrogens is 533 g/mol. The zero-order chi connectivity index (χ0) is 28.4. The van der Waals surface area contributed by atoms with Crippen LogP contribution in [0.1, 0.15) is 67.4 Å². The molecule has 1 saturated heterocycles. The molecule has 2 saturated carbocycles. The molecule has 2 aliphatic carbocycles. The molecule has 3 atom stereocenters. The summed E-state index contributed by atoms with van der Waals surface area (Å²) >= 11 is 0. The third-order valence-electron chi connectivity index (χ3n) is 8.18. The van der Waals surface area contributed by atoms with Crippen molar-refractivity contribution >= 4 is 17.6 Å². The molecule has 0 radical (unpaired) electrons. The number of aromatic nitrogens is 2. The Labute approximate surface area is 237 Å². The number of hydrogen-bond acceptors (Lipinski definition) is 7. The average molecular weight is 569 g/mol. The lowest BCUT2D eigenvalue weighted by molar-refractivity contribution is -0.141. The van der Waals surface area contributed by atoms with Gasteiger partial charge < -0.3 is 25.3 Å². The highest BCUT2D eigenvalue weighted by molar-refractivity contribution is 5.95. The van der Waals surface area contributed by atoms with Gasteiger partial charge in [-0.25, -0.2) is 9.97 Å². The lowest BCUT2D eigenvalue weighted by atomic mass is 9.89. The molecule has 3 N–H and O–H groups in total. The molecule has 218 valence electrons. The van der Waals surface area contributed by atoms with Crippen molar-refractivity contribution < 1.29 is 22.4 Å². The minimum absolute atomic E-state index is 0.0702. The van der Waals surface area contributed by atoms with E-state index in [0.717, 1.165) is 69.5 Å². The van der Waals surface area contributed by atoms with Crippen LogP contribution in [-0.4, -0.2) is 53.1 Å². The van der Waals surface area contributed by atoms with Crippen LogP contribution in [0.2, 0.25) is 0 Å². The van der Waals surface area contributed by atoms with Crippen molar-refractivity contribution in [1.82, 2.24) is 20.6 Å². The van der Waals surface area contributed by atoms with Crippen LogP contribution in [0.3, 0.4) is 0 Å². The second kappa shape index (κ2) is 11.7. The highest BCUT2D eigenvalue weighted by Gasteiger charge is 2.33. The van der Waals surface area contributed by atoms with Gasteiger partial charge in [0.15, 0.2) is 5.76 Å². The zero-order valence-corrected chi connectivity index (χ0v) is 22.8. The van der Waals surface area contributed by atoms with E-state index < -0.39 is 11.9 Å². The van der Waals surface area contributed by atoms with Gasteiger partial charge in [0.2, 0.25) is 0 Å². The number of oxazole rings is 1. The lowest BCUT2D eigenvalue weighted by Gasteiger charge is -2.40. The van der Waals surface area contributed by atoms with Crippen LogP contribution in [0, 0.1) is 0 Å². The minimum Gasteiger partial charge on any atom is -0.424 e. The number of anilines is 2. The Kier molecular flexibility index (Phi) is 7.88. The number of halogens is 3. The van der Waals surface area contributed by atoms with Crippen LogP contribution in [0.5, 0.6) is 0 Å². The first-order valence-corrected chi connectivity index (χ1v) is 14.5. The van der Waals surface area contributed by atoms with Crippen LogP contribution in [-0.2, 0) is 6.18 Å². The third kappa shape index (κ3) is 6.83. The van der Waals surface area contributed by atoms with Gasteiger partial charge in [-0.1, -0.05) is 25.0 Å². The molecule has 8 nitrogen and oxygen atoms in total. The summed E-state index contributed by atoms with van der Waals surface area (Å²) in [5.74, 6) is 0.529. The standard InChI is InChI=1S/C30H35F3N6O2/c31-30(32,33)27-13-12-23(16-34-27)39-14-4-7-22(18-39)36-24-8-1-2-9-25(24)38-29-35-17-26(41-29)19-5-3-6-20(15-19)28(40)37-21-10-11-21/h3,5-6,12-13,15-17,21-22,24-25,36H,1-2,4,7-11,14,18H2,(H,35,38)(H,37,40)/t22-,24+,25+/m0/s1. The Hall–Kier alpha value is -3.60. The van der Waals surface area contributed by atoms with E-state index in [9.17, 15) is 18.0 Å². The van der Waals surface area contributed by atoms with Gasteiger partial charge in [0, 0.05) is 48.4 Å². The Balaban J connectivity index is 1.07. The smallest absolute Gasteiger partial charge is 0.424 e. The second-order valence-corrected chi connectivity index (χ2v) is 11.4. The summed E-state index contributed by atoms with van der Waals surface area (Å²) in [7, 11) is 0. The van der Waals surface area contributed by atoms with Gasteiger partial charge in [-0.05, 0) is 62.8 Å². The summed E-state index contributed by atoms with van der Waals surface area (Å²) in [5, 5.41) is 10.3. The van der Waals surface area contributed by atoms with Gasteiger partial charge in [0.25, 0.3) is 11.9 Å².